The SMILES string of the molecule is CCCCCc1cc2cc(C)c(C(=O)OC)cc2[nH]1. The van der Waals surface area contributed by atoms with Gasteiger partial charge in [-0.15, -0.1) is 0 Å². The lowest BCUT2D eigenvalue weighted by Gasteiger charge is -2.03. The van der Waals surface area contributed by atoms with E-state index in [1.165, 1.54) is 32.1 Å². The van der Waals surface area contributed by atoms with E-state index in [1.54, 1.807) is 0 Å². The van der Waals surface area contributed by atoms with Crippen LogP contribution in [0.15, 0.2) is 18.2 Å². The summed E-state index contributed by atoms with van der Waals surface area (Å²) in [6.45, 7) is 4.15. The molecule has 0 aliphatic carbocycles. The molecule has 0 fully saturated rings. The van der Waals surface area contributed by atoms with E-state index in [-0.39, 0.29) is 5.97 Å². The van der Waals surface area contributed by atoms with Crippen molar-refractivity contribution < 1.29 is 9.53 Å². The van der Waals surface area contributed by atoms with Crippen LogP contribution < -0.4 is 0 Å². The van der Waals surface area contributed by atoms with Crippen LogP contribution >= 0.6 is 0 Å². The second-order valence-corrected chi connectivity index (χ2v) is 5.00. The average molecular weight is 259 g/mol. The number of carbonyl (C=O) groups is 1. The third-order valence-electron chi connectivity index (χ3n) is 3.48. The Morgan fingerprint density at radius 1 is 1.26 bits per heavy atom. The maximum Gasteiger partial charge on any atom is 0.338 e. The number of fused-ring (bicyclic) bond motifs is 1. The Kier molecular flexibility index (Phi) is 4.25. The van der Waals surface area contributed by atoms with Crippen molar-refractivity contribution >= 4 is 16.9 Å². The number of unbranched alkanes of at least 4 members (excludes halogenated alkanes) is 2. The molecular formula is C16H21NO2. The van der Waals surface area contributed by atoms with E-state index >= 15 is 0 Å². The highest BCUT2D eigenvalue weighted by molar-refractivity contribution is 5.96. The maximum absolute atomic E-state index is 11.7. The first kappa shape index (κ1) is 13.7. The van der Waals surface area contributed by atoms with Crippen LogP contribution in [0.1, 0.15) is 47.8 Å². The number of esters is 1. The van der Waals surface area contributed by atoms with E-state index in [9.17, 15) is 4.79 Å². The predicted molar refractivity (Wildman–Crippen MR) is 77.6 cm³/mol. The summed E-state index contributed by atoms with van der Waals surface area (Å²) in [6.07, 6.45) is 4.74. The molecule has 0 atom stereocenters. The Balaban J connectivity index is 2.29. The zero-order chi connectivity index (χ0) is 13.8. The quantitative estimate of drug-likeness (QED) is 0.651. The second kappa shape index (κ2) is 5.91. The van der Waals surface area contributed by atoms with Crippen LogP contribution in [0.5, 0.6) is 0 Å². The number of benzene rings is 1. The number of nitrogens with one attached hydrogen (secondary N) is 1. The third-order valence-corrected chi connectivity index (χ3v) is 3.48. The third kappa shape index (κ3) is 2.98. The van der Waals surface area contributed by atoms with E-state index in [4.69, 9.17) is 4.74 Å². The van der Waals surface area contributed by atoms with Gasteiger partial charge < -0.3 is 9.72 Å². The summed E-state index contributed by atoms with van der Waals surface area (Å²) in [5.74, 6) is -0.276. The van der Waals surface area contributed by atoms with Crippen LogP contribution in [0.4, 0.5) is 0 Å². The summed E-state index contributed by atoms with van der Waals surface area (Å²) in [7, 11) is 1.41. The molecule has 0 amide bonds. The molecule has 19 heavy (non-hydrogen) atoms. The van der Waals surface area contributed by atoms with Gasteiger partial charge in [0.15, 0.2) is 0 Å². The van der Waals surface area contributed by atoms with Crippen LogP contribution in [-0.4, -0.2) is 18.1 Å². The van der Waals surface area contributed by atoms with E-state index in [0.29, 0.717) is 5.56 Å². The van der Waals surface area contributed by atoms with Gasteiger partial charge in [0.05, 0.1) is 12.7 Å². The van der Waals surface area contributed by atoms with Gasteiger partial charge in [0, 0.05) is 11.2 Å². The van der Waals surface area contributed by atoms with Crippen molar-refractivity contribution in [2.75, 3.05) is 7.11 Å². The highest BCUT2D eigenvalue weighted by Gasteiger charge is 2.11. The molecule has 1 N–H and O–H groups in total. The number of ether oxygens (including phenoxy) is 1. The van der Waals surface area contributed by atoms with Gasteiger partial charge in [0.25, 0.3) is 0 Å². The van der Waals surface area contributed by atoms with Crippen molar-refractivity contribution in [2.45, 2.75) is 39.5 Å². The summed E-state index contributed by atoms with van der Waals surface area (Å²) < 4.78 is 4.80. The monoisotopic (exact) mass is 259 g/mol. The molecule has 102 valence electrons. The summed E-state index contributed by atoms with van der Waals surface area (Å²) >= 11 is 0. The number of hydrogen-bond acceptors (Lipinski definition) is 2. The van der Waals surface area contributed by atoms with Gasteiger partial charge in [-0.1, -0.05) is 19.8 Å². The smallest absolute Gasteiger partial charge is 0.338 e. The molecule has 1 aromatic carbocycles. The van der Waals surface area contributed by atoms with Gasteiger partial charge in [0.2, 0.25) is 0 Å². The van der Waals surface area contributed by atoms with E-state index < -0.39 is 0 Å². The van der Waals surface area contributed by atoms with E-state index in [1.807, 2.05) is 19.1 Å². The number of aryl methyl sites for hydroxylation is 2. The molecule has 0 radical (unpaired) electrons. The minimum absolute atomic E-state index is 0.276. The second-order valence-electron chi connectivity index (χ2n) is 5.00. The Hall–Kier alpha value is -1.77. The zero-order valence-electron chi connectivity index (χ0n) is 11.9. The van der Waals surface area contributed by atoms with Gasteiger partial charge >= 0.3 is 5.97 Å². The molecule has 0 aliphatic heterocycles. The molecule has 3 heteroatoms. The fraction of sp³-hybridized carbons (Fsp3) is 0.438. The average Bonchev–Trinajstić information content (AvgIpc) is 2.78. The van der Waals surface area contributed by atoms with Crippen molar-refractivity contribution in [2.24, 2.45) is 0 Å². The van der Waals surface area contributed by atoms with Crippen molar-refractivity contribution in [1.29, 1.82) is 0 Å². The topological polar surface area (TPSA) is 42.1 Å². The molecule has 0 saturated carbocycles. The Morgan fingerprint density at radius 3 is 2.74 bits per heavy atom. The van der Waals surface area contributed by atoms with Gasteiger partial charge in [-0.3, -0.25) is 0 Å². The molecule has 0 bridgehead atoms. The van der Waals surface area contributed by atoms with Crippen LogP contribution in [-0.2, 0) is 11.2 Å². The maximum atomic E-state index is 11.7. The van der Waals surface area contributed by atoms with E-state index in [2.05, 4.69) is 18.0 Å². The molecule has 0 saturated heterocycles. The standard InChI is InChI=1S/C16H21NO2/c1-4-5-6-7-13-9-12-8-11(2)14(16(18)19-3)10-15(12)17-13/h8-10,17H,4-7H2,1-3H3. The number of hydrogen-bond donors (Lipinski definition) is 1. The van der Waals surface area contributed by atoms with Crippen molar-refractivity contribution in [3.05, 3.63) is 35.0 Å². The Morgan fingerprint density at radius 2 is 2.05 bits per heavy atom. The van der Waals surface area contributed by atoms with Crippen LogP contribution in [0.3, 0.4) is 0 Å². The first-order valence-electron chi connectivity index (χ1n) is 6.86. The van der Waals surface area contributed by atoms with Crippen LogP contribution in [0.2, 0.25) is 0 Å². The highest BCUT2D eigenvalue weighted by atomic mass is 16.5. The van der Waals surface area contributed by atoms with Crippen molar-refractivity contribution in [3.8, 4) is 0 Å². The molecule has 1 heterocycles. The van der Waals surface area contributed by atoms with Crippen LogP contribution in [0, 0.1) is 6.92 Å². The first-order valence-corrected chi connectivity index (χ1v) is 6.86. The number of H-pyrrole nitrogens is 1. The Labute approximate surface area is 114 Å². The van der Waals surface area contributed by atoms with Gasteiger partial charge in [-0.25, -0.2) is 4.79 Å². The number of rotatable bonds is 5. The number of aromatic amines is 1. The van der Waals surface area contributed by atoms with Gasteiger partial charge in [0.1, 0.15) is 0 Å². The lowest BCUT2D eigenvalue weighted by Crippen LogP contribution is -2.03. The normalized spacial score (nSPS) is 10.9. The first-order chi connectivity index (χ1) is 9.15. The largest absolute Gasteiger partial charge is 0.465 e. The fourth-order valence-corrected chi connectivity index (χ4v) is 2.38. The summed E-state index contributed by atoms with van der Waals surface area (Å²) in [5.41, 5.74) is 3.85. The molecule has 2 rings (SSSR count). The van der Waals surface area contributed by atoms with E-state index in [0.717, 1.165) is 22.9 Å². The van der Waals surface area contributed by atoms with Crippen molar-refractivity contribution in [1.82, 2.24) is 4.98 Å². The number of aromatic nitrogens is 1. The summed E-state index contributed by atoms with van der Waals surface area (Å²) in [6, 6.07) is 6.11. The predicted octanol–water partition coefficient (Wildman–Crippen LogP) is 4.00. The molecule has 0 aliphatic rings. The summed E-state index contributed by atoms with van der Waals surface area (Å²) in [4.78, 5) is 15.1. The van der Waals surface area contributed by atoms with Gasteiger partial charge in [-0.2, -0.15) is 0 Å². The molecular weight excluding hydrogens is 238 g/mol. The molecule has 2 aromatic rings. The molecule has 1 aromatic heterocycles. The number of carbonyl (C=O) groups excluding carboxylic acids is 1. The lowest BCUT2D eigenvalue weighted by molar-refractivity contribution is 0.0600. The zero-order valence-corrected chi connectivity index (χ0v) is 11.9. The molecule has 3 nitrogen and oxygen atoms in total. The minimum Gasteiger partial charge on any atom is -0.465 e. The van der Waals surface area contributed by atoms with Gasteiger partial charge in [-0.05, 0) is 48.9 Å². The summed E-state index contributed by atoms with van der Waals surface area (Å²) in [5, 5.41) is 1.16. The minimum atomic E-state index is -0.276. The van der Waals surface area contributed by atoms with Crippen molar-refractivity contribution in [3.63, 3.8) is 0 Å². The number of methoxy groups -OCH3 is 1. The molecule has 0 unspecified atom stereocenters. The molecule has 0 spiro atoms. The van der Waals surface area contributed by atoms with Crippen LogP contribution in [0.25, 0.3) is 10.9 Å². The Bertz CT molecular complexity index is 584. The lowest BCUT2D eigenvalue weighted by atomic mass is 10.1. The fourth-order valence-electron chi connectivity index (χ4n) is 2.38. The highest BCUT2D eigenvalue weighted by Crippen LogP contribution is 2.22.